The van der Waals surface area contributed by atoms with Crippen LogP contribution < -0.4 is 15.1 Å². The Hall–Kier alpha value is -2.91. The van der Waals surface area contributed by atoms with Gasteiger partial charge in [0.15, 0.2) is 5.82 Å². The van der Waals surface area contributed by atoms with Gasteiger partial charge in [0.1, 0.15) is 10.7 Å². The molecule has 0 bridgehead atoms. The van der Waals surface area contributed by atoms with Crippen LogP contribution in [0.25, 0.3) is 5.65 Å². The van der Waals surface area contributed by atoms with Gasteiger partial charge >= 0.3 is 0 Å². The number of halogens is 1. The molecule has 2 fully saturated rings. The molecule has 1 amide bonds. The maximum atomic E-state index is 13.6. The van der Waals surface area contributed by atoms with Crippen molar-refractivity contribution in [2.45, 2.75) is 39.3 Å². The molecule has 9 nitrogen and oxygen atoms in total. The Labute approximate surface area is 211 Å². The van der Waals surface area contributed by atoms with Crippen LogP contribution in [0.2, 0.25) is 5.02 Å². The van der Waals surface area contributed by atoms with Crippen LogP contribution in [0, 0.1) is 5.92 Å². The van der Waals surface area contributed by atoms with Crippen LogP contribution in [0.4, 0.5) is 11.8 Å². The molecule has 0 aromatic carbocycles. The van der Waals surface area contributed by atoms with Crippen LogP contribution >= 0.6 is 11.6 Å². The van der Waals surface area contributed by atoms with Gasteiger partial charge in [0, 0.05) is 51.5 Å². The SMILES string of the molecule is CCN(C(=O)C1CN(c2nc(N3CCNC[C@@H]3C)ncc2Cl)C1)C(C)(C)c1cnc2ccccn12. The van der Waals surface area contributed by atoms with Gasteiger partial charge in [0.25, 0.3) is 0 Å². The number of fused-ring (bicyclic) bond motifs is 1. The molecule has 3 aromatic rings. The summed E-state index contributed by atoms with van der Waals surface area (Å²) in [5.74, 6) is 1.43. The fraction of sp³-hybridized carbons (Fsp3) is 0.520. The lowest BCUT2D eigenvalue weighted by molar-refractivity contribution is -0.142. The number of pyridine rings is 1. The molecule has 0 spiro atoms. The van der Waals surface area contributed by atoms with Gasteiger partial charge in [0.05, 0.1) is 29.5 Å². The minimum Gasteiger partial charge on any atom is -0.353 e. The number of imidazole rings is 1. The standard InChI is InChI=1S/C25H33ClN8O/c1-5-34(25(3,4)20-14-28-21-8-6-7-10-33(20)21)23(35)18-15-31(16-18)22-19(26)13-29-24(30-22)32-11-9-27-12-17(32)2/h6-8,10,13-14,17-18,27H,5,9,11-12,15-16H2,1-4H3/t17-/m0/s1. The summed E-state index contributed by atoms with van der Waals surface area (Å²) in [7, 11) is 0. The fourth-order valence-corrected chi connectivity index (χ4v) is 5.44. The Morgan fingerprint density at radius 1 is 1.26 bits per heavy atom. The third-order valence-electron chi connectivity index (χ3n) is 7.30. The van der Waals surface area contributed by atoms with E-state index in [-0.39, 0.29) is 11.8 Å². The molecule has 35 heavy (non-hydrogen) atoms. The van der Waals surface area contributed by atoms with Crippen LogP contribution in [0.1, 0.15) is 33.4 Å². The number of rotatable bonds is 6. The highest BCUT2D eigenvalue weighted by atomic mass is 35.5. The number of carbonyl (C=O) groups is 1. The van der Waals surface area contributed by atoms with Crippen molar-refractivity contribution >= 4 is 34.9 Å². The molecule has 186 valence electrons. The highest BCUT2D eigenvalue weighted by molar-refractivity contribution is 6.32. The summed E-state index contributed by atoms with van der Waals surface area (Å²) < 4.78 is 2.06. The van der Waals surface area contributed by atoms with E-state index in [9.17, 15) is 4.79 Å². The summed E-state index contributed by atoms with van der Waals surface area (Å²) in [6.45, 7) is 12.8. The zero-order valence-electron chi connectivity index (χ0n) is 20.8. The highest BCUT2D eigenvalue weighted by Crippen LogP contribution is 2.35. The molecule has 5 rings (SSSR count). The van der Waals surface area contributed by atoms with E-state index in [0.717, 1.165) is 31.0 Å². The molecule has 2 saturated heterocycles. The van der Waals surface area contributed by atoms with Crippen molar-refractivity contribution < 1.29 is 4.79 Å². The van der Waals surface area contributed by atoms with E-state index in [1.54, 1.807) is 6.20 Å². The summed E-state index contributed by atoms with van der Waals surface area (Å²) in [5.41, 5.74) is 1.36. The van der Waals surface area contributed by atoms with Gasteiger partial charge in [-0.05, 0) is 39.8 Å². The number of anilines is 2. The monoisotopic (exact) mass is 496 g/mol. The van der Waals surface area contributed by atoms with E-state index in [1.165, 1.54) is 0 Å². The molecule has 10 heteroatoms. The Morgan fingerprint density at radius 3 is 2.80 bits per heavy atom. The molecule has 3 aromatic heterocycles. The second kappa shape index (κ2) is 9.28. The lowest BCUT2D eigenvalue weighted by Crippen LogP contribution is -2.58. The van der Waals surface area contributed by atoms with E-state index in [4.69, 9.17) is 16.6 Å². The Kier molecular flexibility index (Phi) is 6.31. The number of piperazine rings is 1. The van der Waals surface area contributed by atoms with Gasteiger partial charge in [-0.25, -0.2) is 9.97 Å². The number of carbonyl (C=O) groups excluding carboxylic acids is 1. The van der Waals surface area contributed by atoms with E-state index in [0.29, 0.717) is 42.5 Å². The highest BCUT2D eigenvalue weighted by Gasteiger charge is 2.42. The average Bonchev–Trinajstić information content (AvgIpc) is 3.25. The van der Waals surface area contributed by atoms with Crippen LogP contribution in [0.15, 0.2) is 36.8 Å². The van der Waals surface area contributed by atoms with Gasteiger partial charge in [-0.3, -0.25) is 4.79 Å². The van der Waals surface area contributed by atoms with E-state index >= 15 is 0 Å². The smallest absolute Gasteiger partial charge is 0.230 e. The third-order valence-corrected chi connectivity index (χ3v) is 7.57. The lowest BCUT2D eigenvalue weighted by Gasteiger charge is -2.45. The molecule has 0 unspecified atom stereocenters. The zero-order chi connectivity index (χ0) is 24.7. The first kappa shape index (κ1) is 23.8. The molecule has 1 atom stereocenters. The Bertz CT molecular complexity index is 1220. The van der Waals surface area contributed by atoms with Gasteiger partial charge in [-0.15, -0.1) is 0 Å². The molecule has 0 radical (unpaired) electrons. The molecule has 5 heterocycles. The predicted octanol–water partition coefficient (Wildman–Crippen LogP) is 2.80. The topological polar surface area (TPSA) is 81.9 Å². The first-order valence-corrected chi connectivity index (χ1v) is 12.7. The van der Waals surface area contributed by atoms with Crippen LogP contribution in [0.5, 0.6) is 0 Å². The maximum Gasteiger partial charge on any atom is 0.230 e. The summed E-state index contributed by atoms with van der Waals surface area (Å²) in [6, 6.07) is 6.24. The number of hydrogen-bond acceptors (Lipinski definition) is 7. The third kappa shape index (κ3) is 4.21. The molecular formula is C25H33ClN8O. The maximum absolute atomic E-state index is 13.6. The van der Waals surface area contributed by atoms with Crippen molar-refractivity contribution in [2.24, 2.45) is 5.92 Å². The number of amides is 1. The van der Waals surface area contributed by atoms with Crippen molar-refractivity contribution in [3.05, 3.63) is 47.5 Å². The van der Waals surface area contributed by atoms with Gasteiger partial charge in [-0.2, -0.15) is 4.98 Å². The van der Waals surface area contributed by atoms with E-state index in [2.05, 4.69) is 50.3 Å². The molecule has 0 saturated carbocycles. The first-order valence-electron chi connectivity index (χ1n) is 12.3. The van der Waals surface area contributed by atoms with Crippen LogP contribution in [-0.2, 0) is 10.3 Å². The molecule has 0 aliphatic carbocycles. The van der Waals surface area contributed by atoms with Crippen molar-refractivity contribution in [1.82, 2.24) is 29.6 Å². The largest absolute Gasteiger partial charge is 0.353 e. The number of hydrogen-bond donors (Lipinski definition) is 1. The number of aromatic nitrogens is 4. The van der Waals surface area contributed by atoms with Crippen molar-refractivity contribution in [1.29, 1.82) is 0 Å². The summed E-state index contributed by atoms with van der Waals surface area (Å²) >= 11 is 6.49. The predicted molar refractivity (Wildman–Crippen MR) is 138 cm³/mol. The van der Waals surface area contributed by atoms with E-state index in [1.807, 2.05) is 42.4 Å². The van der Waals surface area contributed by atoms with Gasteiger partial charge in [-0.1, -0.05) is 17.7 Å². The minimum absolute atomic E-state index is 0.110. The van der Waals surface area contributed by atoms with Crippen LogP contribution in [0.3, 0.4) is 0 Å². The zero-order valence-corrected chi connectivity index (χ0v) is 21.5. The average molecular weight is 497 g/mol. The summed E-state index contributed by atoms with van der Waals surface area (Å²) in [5, 5.41) is 3.91. The first-order chi connectivity index (χ1) is 16.8. The number of nitrogens with zero attached hydrogens (tertiary/aromatic N) is 7. The molecule has 2 aliphatic heterocycles. The second-order valence-electron chi connectivity index (χ2n) is 9.90. The van der Waals surface area contributed by atoms with Gasteiger partial charge < -0.3 is 24.4 Å². The van der Waals surface area contributed by atoms with Crippen molar-refractivity contribution in [3.8, 4) is 0 Å². The molecule has 2 aliphatic rings. The summed E-state index contributed by atoms with van der Waals surface area (Å²) in [4.78, 5) is 33.7. The van der Waals surface area contributed by atoms with Crippen LogP contribution in [-0.4, -0.2) is 75.5 Å². The minimum atomic E-state index is -0.509. The Balaban J connectivity index is 1.31. The van der Waals surface area contributed by atoms with E-state index < -0.39 is 5.54 Å². The van der Waals surface area contributed by atoms with Crippen molar-refractivity contribution in [2.75, 3.05) is 49.1 Å². The Morgan fingerprint density at radius 2 is 2.06 bits per heavy atom. The van der Waals surface area contributed by atoms with Crippen molar-refractivity contribution in [3.63, 3.8) is 0 Å². The normalized spacial score (nSPS) is 19.2. The number of nitrogens with one attached hydrogen (secondary N) is 1. The lowest BCUT2D eigenvalue weighted by atomic mass is 9.92. The summed E-state index contributed by atoms with van der Waals surface area (Å²) in [6.07, 6.45) is 5.55. The van der Waals surface area contributed by atoms with Gasteiger partial charge in [0.2, 0.25) is 11.9 Å². The molecular weight excluding hydrogens is 464 g/mol. The quantitative estimate of drug-likeness (QED) is 0.562. The second-order valence-corrected chi connectivity index (χ2v) is 10.3. The fourth-order valence-electron chi connectivity index (χ4n) is 5.23. The molecule has 1 N–H and O–H groups in total.